The zero-order valence-electron chi connectivity index (χ0n) is 12.7. The van der Waals surface area contributed by atoms with E-state index in [1.165, 1.54) is 4.88 Å². The molecule has 0 aromatic carbocycles. The van der Waals surface area contributed by atoms with Gasteiger partial charge in [-0.2, -0.15) is 0 Å². The minimum Gasteiger partial charge on any atom is -0.361 e. The van der Waals surface area contributed by atoms with Gasteiger partial charge in [0.1, 0.15) is 5.76 Å². The first-order valence-electron chi connectivity index (χ1n) is 6.84. The van der Waals surface area contributed by atoms with Crippen molar-refractivity contribution >= 4 is 17.1 Å². The Labute approximate surface area is 124 Å². The lowest BCUT2D eigenvalue weighted by Gasteiger charge is -2.15. The first-order valence-corrected chi connectivity index (χ1v) is 7.66. The van der Waals surface area contributed by atoms with Crippen molar-refractivity contribution in [3.05, 3.63) is 38.9 Å². The van der Waals surface area contributed by atoms with Crippen LogP contribution < -0.4 is 0 Å². The highest BCUT2D eigenvalue weighted by Crippen LogP contribution is 2.30. The minimum absolute atomic E-state index is 0.102. The third-order valence-electron chi connectivity index (χ3n) is 3.40. The largest absolute Gasteiger partial charge is 0.361 e. The van der Waals surface area contributed by atoms with Crippen LogP contribution in [0.4, 0.5) is 0 Å². The van der Waals surface area contributed by atoms with Gasteiger partial charge in [-0.25, -0.2) is 0 Å². The van der Waals surface area contributed by atoms with E-state index in [9.17, 15) is 4.79 Å². The lowest BCUT2D eigenvalue weighted by Crippen LogP contribution is -2.08. The fraction of sp³-hybridized carbons (Fsp3) is 0.500. The van der Waals surface area contributed by atoms with Crippen LogP contribution in [0.2, 0.25) is 0 Å². The second kappa shape index (κ2) is 5.52. The molecule has 0 saturated heterocycles. The molecular formula is C16H21NO2S. The van der Waals surface area contributed by atoms with Gasteiger partial charge in [0, 0.05) is 16.9 Å². The number of nitrogens with zero attached hydrogens (tertiary/aromatic N) is 1. The summed E-state index contributed by atoms with van der Waals surface area (Å²) in [6.45, 7) is 10.3. The van der Waals surface area contributed by atoms with Crippen LogP contribution in [0.25, 0.3) is 0 Å². The molecule has 2 heterocycles. The first kappa shape index (κ1) is 15.0. The van der Waals surface area contributed by atoms with E-state index in [0.29, 0.717) is 12.8 Å². The number of Topliss-reactive ketones (excluding diaryl/α,β-unsaturated/α-hetero) is 1. The van der Waals surface area contributed by atoms with Crippen LogP contribution in [-0.4, -0.2) is 10.9 Å². The molecule has 0 radical (unpaired) electrons. The summed E-state index contributed by atoms with van der Waals surface area (Å²) in [5.74, 6) is 1.02. The van der Waals surface area contributed by atoms with Gasteiger partial charge in [0.15, 0.2) is 5.78 Å². The topological polar surface area (TPSA) is 43.1 Å². The van der Waals surface area contributed by atoms with Gasteiger partial charge in [-0.05, 0) is 37.8 Å². The number of carbonyl (C=O) groups is 1. The normalized spacial score (nSPS) is 11.8. The monoisotopic (exact) mass is 291 g/mol. The van der Waals surface area contributed by atoms with Crippen LogP contribution in [0, 0.1) is 13.8 Å². The van der Waals surface area contributed by atoms with Crippen LogP contribution >= 0.6 is 11.3 Å². The van der Waals surface area contributed by atoms with Crippen LogP contribution in [-0.2, 0) is 11.8 Å². The van der Waals surface area contributed by atoms with Crippen molar-refractivity contribution in [1.82, 2.24) is 5.16 Å². The number of aryl methyl sites for hydroxylation is 2. The molecule has 0 N–H and O–H groups in total. The number of carbonyl (C=O) groups excluding carboxylic acids is 1. The summed E-state index contributed by atoms with van der Waals surface area (Å²) >= 11 is 1.60. The van der Waals surface area contributed by atoms with Gasteiger partial charge < -0.3 is 4.52 Å². The Morgan fingerprint density at radius 2 is 2.00 bits per heavy atom. The Balaban J connectivity index is 2.04. The zero-order valence-corrected chi connectivity index (χ0v) is 13.6. The highest BCUT2D eigenvalue weighted by molar-refractivity contribution is 7.14. The molecule has 2 rings (SSSR count). The summed E-state index contributed by atoms with van der Waals surface area (Å²) in [6.07, 6.45) is 1.20. The molecule has 0 saturated carbocycles. The van der Waals surface area contributed by atoms with Crippen molar-refractivity contribution in [1.29, 1.82) is 0 Å². The molecule has 2 aromatic rings. The van der Waals surface area contributed by atoms with Gasteiger partial charge >= 0.3 is 0 Å². The number of hydrogen-bond donors (Lipinski definition) is 0. The van der Waals surface area contributed by atoms with Crippen molar-refractivity contribution in [3.63, 3.8) is 0 Å². The van der Waals surface area contributed by atoms with Crippen molar-refractivity contribution in [3.8, 4) is 0 Å². The quantitative estimate of drug-likeness (QED) is 0.781. The predicted molar refractivity (Wildman–Crippen MR) is 81.6 cm³/mol. The summed E-state index contributed by atoms with van der Waals surface area (Å²) in [7, 11) is 0. The molecule has 0 amide bonds. The SMILES string of the molecule is Cc1noc(C)c1CCC(=O)c1ccc(C(C)(C)C)s1. The molecule has 0 unspecified atom stereocenters. The van der Waals surface area contributed by atoms with Crippen molar-refractivity contribution in [2.45, 2.75) is 52.9 Å². The average molecular weight is 291 g/mol. The molecule has 0 spiro atoms. The molecule has 4 heteroatoms. The lowest BCUT2D eigenvalue weighted by atomic mass is 9.95. The van der Waals surface area contributed by atoms with E-state index >= 15 is 0 Å². The second-order valence-electron chi connectivity index (χ2n) is 6.14. The lowest BCUT2D eigenvalue weighted by molar-refractivity contribution is 0.0986. The molecule has 0 aliphatic rings. The predicted octanol–water partition coefficient (Wildman–Crippen LogP) is 4.47. The molecule has 108 valence electrons. The molecule has 3 nitrogen and oxygen atoms in total. The fourth-order valence-corrected chi connectivity index (χ4v) is 3.14. The maximum absolute atomic E-state index is 12.3. The third kappa shape index (κ3) is 3.18. The molecule has 0 aliphatic heterocycles. The highest BCUT2D eigenvalue weighted by Gasteiger charge is 2.19. The molecular weight excluding hydrogens is 270 g/mol. The van der Waals surface area contributed by atoms with Gasteiger partial charge in [0.2, 0.25) is 0 Å². The number of aromatic nitrogens is 1. The van der Waals surface area contributed by atoms with Gasteiger partial charge in [0.05, 0.1) is 10.6 Å². The summed E-state index contributed by atoms with van der Waals surface area (Å²) in [5, 5.41) is 3.92. The third-order valence-corrected chi connectivity index (χ3v) is 4.96. The van der Waals surface area contributed by atoms with E-state index in [0.717, 1.165) is 21.9 Å². The van der Waals surface area contributed by atoms with Crippen LogP contribution in [0.3, 0.4) is 0 Å². The van der Waals surface area contributed by atoms with Crippen molar-refractivity contribution < 1.29 is 9.32 Å². The highest BCUT2D eigenvalue weighted by atomic mass is 32.1. The standard InChI is InChI=1S/C16H21NO2S/c1-10-12(11(2)19-17-10)6-7-13(18)14-8-9-15(20-14)16(3,4)5/h8-9H,6-7H2,1-5H3. The Kier molecular flexibility index (Phi) is 4.14. The van der Waals surface area contributed by atoms with Crippen LogP contribution in [0.1, 0.15) is 58.8 Å². The van der Waals surface area contributed by atoms with Gasteiger partial charge in [-0.1, -0.05) is 25.9 Å². The minimum atomic E-state index is 0.102. The maximum atomic E-state index is 12.3. The van der Waals surface area contributed by atoms with E-state index in [1.807, 2.05) is 19.9 Å². The fourth-order valence-electron chi connectivity index (χ4n) is 2.11. The Morgan fingerprint density at radius 3 is 2.50 bits per heavy atom. The summed E-state index contributed by atoms with van der Waals surface area (Å²) in [4.78, 5) is 14.4. The Bertz CT molecular complexity index is 597. The van der Waals surface area contributed by atoms with Gasteiger partial charge in [0.25, 0.3) is 0 Å². The van der Waals surface area contributed by atoms with Gasteiger partial charge in [-0.3, -0.25) is 4.79 Å². The van der Waals surface area contributed by atoms with E-state index in [-0.39, 0.29) is 11.2 Å². The number of rotatable bonds is 4. The summed E-state index contributed by atoms with van der Waals surface area (Å²) in [5.41, 5.74) is 2.05. The van der Waals surface area contributed by atoms with Crippen molar-refractivity contribution in [2.75, 3.05) is 0 Å². The smallest absolute Gasteiger partial charge is 0.173 e. The second-order valence-corrected chi connectivity index (χ2v) is 7.22. The number of thiophene rings is 1. The Morgan fingerprint density at radius 1 is 1.30 bits per heavy atom. The summed E-state index contributed by atoms with van der Waals surface area (Å²) in [6, 6.07) is 4.01. The van der Waals surface area contributed by atoms with Gasteiger partial charge in [-0.15, -0.1) is 11.3 Å². The molecule has 0 aliphatic carbocycles. The first-order chi connectivity index (χ1) is 9.29. The average Bonchev–Trinajstić information content (AvgIpc) is 2.95. The molecule has 0 atom stereocenters. The summed E-state index contributed by atoms with van der Waals surface area (Å²) < 4.78 is 5.12. The number of ketones is 1. The van der Waals surface area contributed by atoms with E-state index in [1.54, 1.807) is 11.3 Å². The number of hydrogen-bond acceptors (Lipinski definition) is 4. The molecule has 0 bridgehead atoms. The molecule has 20 heavy (non-hydrogen) atoms. The van der Waals surface area contributed by atoms with Crippen LogP contribution in [0.15, 0.2) is 16.7 Å². The van der Waals surface area contributed by atoms with E-state index in [2.05, 4.69) is 32.0 Å². The maximum Gasteiger partial charge on any atom is 0.173 e. The zero-order chi connectivity index (χ0) is 14.9. The molecule has 2 aromatic heterocycles. The Hall–Kier alpha value is -1.42. The van der Waals surface area contributed by atoms with Crippen LogP contribution in [0.5, 0.6) is 0 Å². The van der Waals surface area contributed by atoms with E-state index in [4.69, 9.17) is 4.52 Å². The van der Waals surface area contributed by atoms with E-state index < -0.39 is 0 Å². The molecule has 0 fully saturated rings. The van der Waals surface area contributed by atoms with Crippen molar-refractivity contribution in [2.24, 2.45) is 0 Å².